The molecule has 0 aromatic heterocycles. The number of aliphatic imine (C=N–C) groups is 3. The van der Waals surface area contributed by atoms with Gasteiger partial charge in [0.1, 0.15) is 0 Å². The summed E-state index contributed by atoms with van der Waals surface area (Å²) in [7, 11) is 0. The average molecular weight is 219 g/mol. The molecule has 2 N–H and O–H groups in total. The third kappa shape index (κ3) is 1.94. The van der Waals surface area contributed by atoms with Crippen molar-refractivity contribution in [3.63, 3.8) is 0 Å². The van der Waals surface area contributed by atoms with E-state index in [0.717, 1.165) is 38.3 Å². The lowest BCUT2D eigenvalue weighted by molar-refractivity contribution is 0.332. The first-order chi connectivity index (χ1) is 7.92. The maximum Gasteiger partial charge on any atom is 0.191 e. The van der Waals surface area contributed by atoms with Gasteiger partial charge in [0.25, 0.3) is 0 Å². The second-order valence-electron chi connectivity index (χ2n) is 4.54. The molecule has 0 aromatic rings. The summed E-state index contributed by atoms with van der Waals surface area (Å²) >= 11 is 0. The van der Waals surface area contributed by atoms with Crippen molar-refractivity contribution >= 4 is 18.4 Å². The molecule has 0 bridgehead atoms. The van der Waals surface area contributed by atoms with Crippen molar-refractivity contribution in [1.82, 2.24) is 10.6 Å². The standard InChI is InChI=1S/C11H17N5/c1-2-9-10(13-4-3-12-9)7-8(1)16-11-14-5-6-15-11/h3-4,8-10H,1-2,5-7H2,(H2,14,15,16). The summed E-state index contributed by atoms with van der Waals surface area (Å²) in [4.78, 5) is 13.3. The van der Waals surface area contributed by atoms with Crippen molar-refractivity contribution in [3.8, 4) is 0 Å². The number of guanidine groups is 1. The topological polar surface area (TPSA) is 61.1 Å². The van der Waals surface area contributed by atoms with Gasteiger partial charge in [0, 0.05) is 25.0 Å². The highest BCUT2D eigenvalue weighted by molar-refractivity contribution is 6.16. The highest BCUT2D eigenvalue weighted by Gasteiger charge is 2.31. The van der Waals surface area contributed by atoms with E-state index in [1.54, 1.807) is 0 Å². The number of nitrogens with one attached hydrogen (secondary N) is 2. The minimum atomic E-state index is 0.373. The van der Waals surface area contributed by atoms with Crippen LogP contribution in [0.25, 0.3) is 0 Å². The van der Waals surface area contributed by atoms with E-state index in [4.69, 9.17) is 0 Å². The first-order valence-electron chi connectivity index (χ1n) is 6.01. The van der Waals surface area contributed by atoms with Crippen LogP contribution in [0, 0.1) is 0 Å². The lowest BCUT2D eigenvalue weighted by Crippen LogP contribution is -2.47. The zero-order valence-electron chi connectivity index (χ0n) is 9.26. The van der Waals surface area contributed by atoms with E-state index in [9.17, 15) is 0 Å². The van der Waals surface area contributed by atoms with Gasteiger partial charge in [0.2, 0.25) is 0 Å². The molecule has 0 amide bonds. The Morgan fingerprint density at radius 2 is 2.06 bits per heavy atom. The molecule has 2 aliphatic heterocycles. The van der Waals surface area contributed by atoms with E-state index in [1.807, 2.05) is 12.4 Å². The van der Waals surface area contributed by atoms with Gasteiger partial charge >= 0.3 is 0 Å². The molecule has 3 rings (SSSR count). The monoisotopic (exact) mass is 219 g/mol. The van der Waals surface area contributed by atoms with E-state index in [1.165, 1.54) is 0 Å². The van der Waals surface area contributed by atoms with E-state index < -0.39 is 0 Å². The third-order valence-electron chi connectivity index (χ3n) is 3.42. The number of nitrogens with zero attached hydrogens (tertiary/aromatic N) is 3. The first-order valence-corrected chi connectivity index (χ1v) is 6.01. The zero-order valence-corrected chi connectivity index (χ0v) is 9.26. The van der Waals surface area contributed by atoms with Crippen LogP contribution in [-0.2, 0) is 0 Å². The minimum Gasteiger partial charge on any atom is -0.355 e. The lowest BCUT2D eigenvalue weighted by Gasteiger charge is -2.33. The molecule has 1 saturated carbocycles. The number of hydrogen-bond donors (Lipinski definition) is 2. The van der Waals surface area contributed by atoms with Crippen LogP contribution in [0.1, 0.15) is 19.3 Å². The Hall–Kier alpha value is -1.39. The van der Waals surface area contributed by atoms with Gasteiger partial charge in [-0.05, 0) is 19.3 Å². The highest BCUT2D eigenvalue weighted by atomic mass is 15.2. The summed E-state index contributed by atoms with van der Waals surface area (Å²) in [5.74, 6) is 0.965. The van der Waals surface area contributed by atoms with Gasteiger partial charge in [-0.1, -0.05) is 0 Å². The fourth-order valence-electron chi connectivity index (χ4n) is 2.58. The van der Waals surface area contributed by atoms with Gasteiger partial charge in [0.05, 0.1) is 18.6 Å². The zero-order chi connectivity index (χ0) is 10.8. The molecule has 3 aliphatic rings. The maximum atomic E-state index is 4.50. The molecular formula is C11H17N5. The molecule has 0 aromatic carbocycles. The van der Waals surface area contributed by atoms with E-state index in [2.05, 4.69) is 25.6 Å². The SMILES string of the molecule is C1=NC2CCC(NC3=NCCN3)CC2N=C1. The summed E-state index contributed by atoms with van der Waals surface area (Å²) in [5.41, 5.74) is 0. The maximum absolute atomic E-state index is 4.50. The molecule has 16 heavy (non-hydrogen) atoms. The van der Waals surface area contributed by atoms with Crippen LogP contribution >= 0.6 is 0 Å². The predicted octanol–water partition coefficient (Wildman–Crippen LogP) is -0.0199. The van der Waals surface area contributed by atoms with Crippen LogP contribution in [0.4, 0.5) is 0 Å². The van der Waals surface area contributed by atoms with E-state index in [-0.39, 0.29) is 0 Å². The third-order valence-corrected chi connectivity index (χ3v) is 3.42. The van der Waals surface area contributed by atoms with Crippen molar-refractivity contribution in [2.45, 2.75) is 37.4 Å². The average Bonchev–Trinajstić information content (AvgIpc) is 2.82. The molecule has 86 valence electrons. The fraction of sp³-hybridized carbons (Fsp3) is 0.727. The van der Waals surface area contributed by atoms with Gasteiger partial charge in [-0.25, -0.2) is 0 Å². The van der Waals surface area contributed by atoms with Crippen molar-refractivity contribution < 1.29 is 0 Å². The van der Waals surface area contributed by atoms with Gasteiger partial charge in [-0.3, -0.25) is 15.0 Å². The van der Waals surface area contributed by atoms with Crippen molar-refractivity contribution in [2.75, 3.05) is 13.1 Å². The van der Waals surface area contributed by atoms with Crippen LogP contribution in [0.5, 0.6) is 0 Å². The van der Waals surface area contributed by atoms with E-state index >= 15 is 0 Å². The molecule has 3 unspecified atom stereocenters. The normalized spacial score (nSPS) is 36.5. The summed E-state index contributed by atoms with van der Waals surface area (Å²) in [6.07, 6.45) is 7.02. The van der Waals surface area contributed by atoms with Gasteiger partial charge in [-0.15, -0.1) is 0 Å². The van der Waals surface area contributed by atoms with E-state index in [0.29, 0.717) is 18.1 Å². The van der Waals surface area contributed by atoms with Crippen molar-refractivity contribution in [3.05, 3.63) is 0 Å². The first kappa shape index (κ1) is 9.81. The Morgan fingerprint density at radius 1 is 1.19 bits per heavy atom. The number of hydrogen-bond acceptors (Lipinski definition) is 5. The second-order valence-corrected chi connectivity index (χ2v) is 4.54. The molecule has 0 spiro atoms. The van der Waals surface area contributed by atoms with Crippen molar-refractivity contribution in [2.24, 2.45) is 15.0 Å². The van der Waals surface area contributed by atoms with Crippen molar-refractivity contribution in [1.29, 1.82) is 0 Å². The van der Waals surface area contributed by atoms with Crippen LogP contribution in [0.15, 0.2) is 15.0 Å². The van der Waals surface area contributed by atoms with Crippen LogP contribution in [0.3, 0.4) is 0 Å². The minimum absolute atomic E-state index is 0.373. The fourth-order valence-corrected chi connectivity index (χ4v) is 2.58. The molecule has 0 saturated heterocycles. The Labute approximate surface area is 95.2 Å². The lowest BCUT2D eigenvalue weighted by atomic mass is 9.87. The highest BCUT2D eigenvalue weighted by Crippen LogP contribution is 2.25. The van der Waals surface area contributed by atoms with Crippen LogP contribution in [0.2, 0.25) is 0 Å². The Bertz CT molecular complexity index is 346. The molecule has 5 heteroatoms. The summed E-state index contributed by atoms with van der Waals surface area (Å²) in [6.45, 7) is 1.85. The Kier molecular flexibility index (Phi) is 2.60. The molecule has 2 heterocycles. The Morgan fingerprint density at radius 3 is 2.88 bits per heavy atom. The molecule has 0 radical (unpaired) electrons. The van der Waals surface area contributed by atoms with Gasteiger partial charge in [0.15, 0.2) is 5.96 Å². The Balaban J connectivity index is 1.58. The predicted molar refractivity (Wildman–Crippen MR) is 65.6 cm³/mol. The number of fused-ring (bicyclic) bond motifs is 1. The molecule has 1 fully saturated rings. The van der Waals surface area contributed by atoms with Crippen LogP contribution < -0.4 is 10.6 Å². The molecule has 3 atom stereocenters. The second kappa shape index (κ2) is 4.23. The van der Waals surface area contributed by atoms with Gasteiger partial charge < -0.3 is 10.6 Å². The molecule has 5 nitrogen and oxygen atoms in total. The van der Waals surface area contributed by atoms with Crippen LogP contribution in [-0.4, -0.2) is 49.6 Å². The summed E-state index contributed by atoms with van der Waals surface area (Å²) in [5, 5.41) is 6.71. The quantitative estimate of drug-likeness (QED) is 0.651. The molecular weight excluding hydrogens is 202 g/mol. The largest absolute Gasteiger partial charge is 0.355 e. The summed E-state index contributed by atoms with van der Waals surface area (Å²) < 4.78 is 0. The van der Waals surface area contributed by atoms with Gasteiger partial charge in [-0.2, -0.15) is 0 Å². The molecule has 1 aliphatic carbocycles. The smallest absolute Gasteiger partial charge is 0.191 e. The number of rotatable bonds is 1. The summed E-state index contributed by atoms with van der Waals surface area (Å²) in [6, 6.07) is 1.29.